The Morgan fingerprint density at radius 3 is 2.61 bits per heavy atom. The smallest absolute Gasteiger partial charge is 0.0345 e. The second-order valence-corrected chi connectivity index (χ2v) is 7.47. The molecule has 0 spiro atoms. The summed E-state index contributed by atoms with van der Waals surface area (Å²) in [5.74, 6) is 0.476. The molecule has 0 saturated heterocycles. The van der Waals surface area contributed by atoms with Crippen molar-refractivity contribution < 1.29 is 0 Å². The highest BCUT2D eigenvalue weighted by Gasteiger charge is 2.24. The van der Waals surface area contributed by atoms with Crippen LogP contribution in [0.5, 0.6) is 0 Å². The van der Waals surface area contributed by atoms with Gasteiger partial charge < -0.3 is 4.90 Å². The first-order valence-electron chi connectivity index (χ1n) is 8.12. The van der Waals surface area contributed by atoms with Crippen LogP contribution in [-0.4, -0.2) is 18.5 Å². The van der Waals surface area contributed by atoms with E-state index in [4.69, 9.17) is 0 Å². The van der Waals surface area contributed by atoms with Crippen LogP contribution in [0.4, 0.5) is 0 Å². The Morgan fingerprint density at radius 2 is 1.87 bits per heavy atom. The van der Waals surface area contributed by atoms with Crippen LogP contribution in [0.1, 0.15) is 28.2 Å². The molecule has 1 aromatic heterocycles. The standard InChI is InChI=1S/C21H21NS/c1-15-10-21(23-14-15)17-8-9-19-18(11-17)12-22(2)13-20(19)16-6-4-3-5-7-16/h3-11,14,20H,12-13H2,1-2H3. The van der Waals surface area contributed by atoms with Crippen LogP contribution < -0.4 is 0 Å². The van der Waals surface area contributed by atoms with Gasteiger partial charge in [0.25, 0.3) is 0 Å². The van der Waals surface area contributed by atoms with Crippen LogP contribution >= 0.6 is 11.3 Å². The highest BCUT2D eigenvalue weighted by Crippen LogP contribution is 2.36. The summed E-state index contributed by atoms with van der Waals surface area (Å²) in [6, 6.07) is 20.2. The van der Waals surface area contributed by atoms with Gasteiger partial charge in [0, 0.05) is 23.9 Å². The van der Waals surface area contributed by atoms with Gasteiger partial charge >= 0.3 is 0 Å². The van der Waals surface area contributed by atoms with Gasteiger partial charge in [-0.25, -0.2) is 0 Å². The Balaban J connectivity index is 1.77. The molecule has 0 aliphatic carbocycles. The summed E-state index contributed by atoms with van der Waals surface area (Å²) in [4.78, 5) is 3.80. The molecule has 3 aromatic rings. The van der Waals surface area contributed by atoms with Gasteiger partial charge in [0.15, 0.2) is 0 Å². The fraction of sp³-hybridized carbons (Fsp3) is 0.238. The number of likely N-dealkylation sites (N-methyl/N-ethyl adjacent to an activating group) is 1. The molecule has 1 nitrogen and oxygen atoms in total. The van der Waals surface area contributed by atoms with Crippen molar-refractivity contribution in [2.75, 3.05) is 13.6 Å². The monoisotopic (exact) mass is 319 g/mol. The first-order valence-corrected chi connectivity index (χ1v) is 9.00. The maximum Gasteiger partial charge on any atom is 0.0345 e. The third kappa shape index (κ3) is 2.85. The summed E-state index contributed by atoms with van der Waals surface area (Å²) in [5, 5.41) is 2.23. The van der Waals surface area contributed by atoms with Crippen LogP contribution in [0, 0.1) is 6.92 Å². The Hall–Kier alpha value is -1.90. The number of hydrogen-bond donors (Lipinski definition) is 0. The molecule has 0 radical (unpaired) electrons. The minimum atomic E-state index is 0.476. The Labute approximate surface area is 142 Å². The fourth-order valence-electron chi connectivity index (χ4n) is 3.55. The SMILES string of the molecule is Cc1csc(-c2ccc3c(c2)CN(C)CC3c2ccccc2)c1. The number of aryl methyl sites for hydroxylation is 1. The number of rotatable bonds is 2. The fourth-order valence-corrected chi connectivity index (χ4v) is 4.45. The maximum absolute atomic E-state index is 2.43. The minimum absolute atomic E-state index is 0.476. The first kappa shape index (κ1) is 14.7. The normalized spacial score (nSPS) is 17.9. The zero-order valence-electron chi connectivity index (χ0n) is 13.6. The maximum atomic E-state index is 2.43. The van der Waals surface area contributed by atoms with Crippen molar-refractivity contribution >= 4 is 11.3 Å². The Bertz CT molecular complexity index is 819. The average molecular weight is 319 g/mol. The van der Waals surface area contributed by atoms with E-state index in [1.165, 1.54) is 32.7 Å². The molecule has 1 aliphatic heterocycles. The van der Waals surface area contributed by atoms with Crippen molar-refractivity contribution in [1.82, 2.24) is 4.90 Å². The van der Waals surface area contributed by atoms with Gasteiger partial charge in [-0.3, -0.25) is 0 Å². The molecule has 116 valence electrons. The molecule has 4 rings (SSSR count). The van der Waals surface area contributed by atoms with Crippen molar-refractivity contribution in [3.8, 4) is 10.4 Å². The number of benzene rings is 2. The summed E-state index contributed by atoms with van der Waals surface area (Å²) in [5.41, 5.74) is 7.08. The van der Waals surface area contributed by atoms with Crippen molar-refractivity contribution in [2.45, 2.75) is 19.4 Å². The first-order chi connectivity index (χ1) is 11.2. The largest absolute Gasteiger partial charge is 0.301 e. The van der Waals surface area contributed by atoms with E-state index in [9.17, 15) is 0 Å². The highest BCUT2D eigenvalue weighted by molar-refractivity contribution is 7.13. The lowest BCUT2D eigenvalue weighted by atomic mass is 9.84. The van der Waals surface area contributed by atoms with E-state index in [0.717, 1.165) is 13.1 Å². The summed E-state index contributed by atoms with van der Waals surface area (Å²) >= 11 is 1.84. The second kappa shape index (κ2) is 5.95. The minimum Gasteiger partial charge on any atom is -0.301 e. The molecule has 0 N–H and O–H groups in total. The lowest BCUT2D eigenvalue weighted by Crippen LogP contribution is -2.30. The molecule has 0 bridgehead atoms. The molecular formula is C21H21NS. The van der Waals surface area contributed by atoms with Crippen LogP contribution in [0.3, 0.4) is 0 Å². The molecule has 0 fully saturated rings. The topological polar surface area (TPSA) is 3.24 Å². The second-order valence-electron chi connectivity index (χ2n) is 6.56. The molecule has 2 aromatic carbocycles. The molecule has 1 aliphatic rings. The van der Waals surface area contributed by atoms with Gasteiger partial charge in [0.1, 0.15) is 0 Å². The third-order valence-electron chi connectivity index (χ3n) is 4.67. The Morgan fingerprint density at radius 1 is 1.04 bits per heavy atom. The summed E-state index contributed by atoms with van der Waals surface area (Å²) in [6.45, 7) is 4.29. The number of fused-ring (bicyclic) bond motifs is 1. The van der Waals surface area contributed by atoms with Crippen LogP contribution in [0.25, 0.3) is 10.4 Å². The lowest BCUT2D eigenvalue weighted by molar-refractivity contribution is 0.295. The zero-order chi connectivity index (χ0) is 15.8. The predicted molar refractivity (Wildman–Crippen MR) is 99.1 cm³/mol. The quantitative estimate of drug-likeness (QED) is 0.619. The van der Waals surface area contributed by atoms with Crippen molar-refractivity contribution in [2.24, 2.45) is 0 Å². The molecule has 1 unspecified atom stereocenters. The van der Waals surface area contributed by atoms with Crippen molar-refractivity contribution in [3.63, 3.8) is 0 Å². The number of hydrogen-bond acceptors (Lipinski definition) is 2. The van der Waals surface area contributed by atoms with Gasteiger partial charge in [-0.2, -0.15) is 0 Å². The van der Waals surface area contributed by atoms with Gasteiger partial charge in [-0.15, -0.1) is 11.3 Å². The van der Waals surface area contributed by atoms with Crippen LogP contribution in [-0.2, 0) is 6.54 Å². The molecule has 2 heterocycles. The Kier molecular flexibility index (Phi) is 3.80. The van der Waals surface area contributed by atoms with Gasteiger partial charge in [-0.1, -0.05) is 42.5 Å². The zero-order valence-corrected chi connectivity index (χ0v) is 14.4. The molecular weight excluding hydrogens is 298 g/mol. The lowest BCUT2D eigenvalue weighted by Gasteiger charge is -2.33. The van der Waals surface area contributed by atoms with Crippen LogP contribution in [0.15, 0.2) is 60.0 Å². The van der Waals surface area contributed by atoms with Crippen molar-refractivity contribution in [1.29, 1.82) is 0 Å². The van der Waals surface area contributed by atoms with E-state index in [2.05, 4.69) is 78.8 Å². The van der Waals surface area contributed by atoms with Gasteiger partial charge in [0.2, 0.25) is 0 Å². The van der Waals surface area contributed by atoms with Gasteiger partial charge in [-0.05, 0) is 59.3 Å². The molecule has 0 saturated carbocycles. The van der Waals surface area contributed by atoms with E-state index in [-0.39, 0.29) is 0 Å². The highest BCUT2D eigenvalue weighted by atomic mass is 32.1. The summed E-state index contributed by atoms with van der Waals surface area (Å²) in [6.07, 6.45) is 0. The number of nitrogens with zero attached hydrogens (tertiary/aromatic N) is 1. The molecule has 23 heavy (non-hydrogen) atoms. The van der Waals surface area contributed by atoms with Crippen LogP contribution in [0.2, 0.25) is 0 Å². The van der Waals surface area contributed by atoms with Gasteiger partial charge in [0.05, 0.1) is 0 Å². The van der Waals surface area contributed by atoms with E-state index >= 15 is 0 Å². The summed E-state index contributed by atoms with van der Waals surface area (Å²) in [7, 11) is 2.22. The van der Waals surface area contributed by atoms with E-state index in [1.54, 1.807) is 0 Å². The van der Waals surface area contributed by atoms with Crippen molar-refractivity contribution in [3.05, 3.63) is 82.2 Å². The predicted octanol–water partition coefficient (Wildman–Crippen LogP) is 5.30. The van der Waals surface area contributed by atoms with E-state index < -0.39 is 0 Å². The molecule has 0 amide bonds. The summed E-state index contributed by atoms with van der Waals surface area (Å²) < 4.78 is 0. The number of thiophene rings is 1. The van der Waals surface area contributed by atoms with E-state index in [0.29, 0.717) is 5.92 Å². The average Bonchev–Trinajstić information content (AvgIpc) is 3.01. The third-order valence-corrected chi connectivity index (χ3v) is 5.77. The molecule has 2 heteroatoms. The molecule has 1 atom stereocenters. The van der Waals surface area contributed by atoms with E-state index in [1.807, 2.05) is 11.3 Å².